The molecule has 4 heterocycles. The van der Waals surface area contributed by atoms with E-state index in [2.05, 4.69) is 130 Å². The topological polar surface area (TPSA) is 8.82 Å². The molecular formula is C36H20N2. The number of nitrogens with zero attached hydrogens (tertiary/aromatic N) is 2. The van der Waals surface area contributed by atoms with E-state index in [1.54, 1.807) is 0 Å². The molecule has 0 amide bonds. The van der Waals surface area contributed by atoms with Crippen molar-refractivity contribution < 1.29 is 0 Å². The minimum Gasteiger partial charge on any atom is -0.308 e. The normalized spacial score (nSPS) is 12.7. The Bertz CT molecular complexity index is 2560. The van der Waals surface area contributed by atoms with E-state index in [0.717, 1.165) is 0 Å². The summed E-state index contributed by atoms with van der Waals surface area (Å²) in [5, 5.41) is 10.6. The fourth-order valence-corrected chi connectivity index (χ4v) is 7.30. The first-order valence-corrected chi connectivity index (χ1v) is 13.2. The minimum atomic E-state index is 1.26. The largest absolute Gasteiger partial charge is 0.308 e. The lowest BCUT2D eigenvalue weighted by Gasteiger charge is -2.07. The molecule has 174 valence electrons. The van der Waals surface area contributed by atoms with E-state index in [4.69, 9.17) is 0 Å². The molecule has 0 saturated heterocycles. The van der Waals surface area contributed by atoms with Crippen LogP contribution in [0, 0.1) is 0 Å². The first-order chi connectivity index (χ1) is 18.9. The zero-order valence-electron chi connectivity index (χ0n) is 20.4. The summed E-state index contributed by atoms with van der Waals surface area (Å²) in [4.78, 5) is 0. The van der Waals surface area contributed by atoms with Crippen LogP contribution in [0.25, 0.3) is 87.3 Å². The molecule has 0 N–H and O–H groups in total. The zero-order chi connectivity index (χ0) is 24.5. The van der Waals surface area contributed by atoms with E-state index >= 15 is 0 Å². The lowest BCUT2D eigenvalue weighted by Crippen LogP contribution is -1.84. The van der Waals surface area contributed by atoms with Crippen molar-refractivity contribution in [3.05, 3.63) is 121 Å². The van der Waals surface area contributed by atoms with Gasteiger partial charge in [-0.05, 0) is 35.4 Å². The van der Waals surface area contributed by atoms with Crippen LogP contribution in [0.2, 0.25) is 0 Å². The van der Waals surface area contributed by atoms with Crippen LogP contribution in [-0.2, 0) is 0 Å². The van der Waals surface area contributed by atoms with Gasteiger partial charge < -0.3 is 8.80 Å². The van der Waals surface area contributed by atoms with E-state index < -0.39 is 0 Å². The summed E-state index contributed by atoms with van der Waals surface area (Å²) >= 11 is 0. The number of aromatic nitrogens is 2. The second-order valence-electron chi connectivity index (χ2n) is 10.5. The van der Waals surface area contributed by atoms with Crippen LogP contribution in [-0.4, -0.2) is 8.80 Å². The van der Waals surface area contributed by atoms with Gasteiger partial charge in [0.15, 0.2) is 0 Å². The predicted octanol–water partition coefficient (Wildman–Crippen LogP) is 9.65. The monoisotopic (exact) mass is 480 g/mol. The smallest absolute Gasteiger partial charge is 0.0626 e. The molecule has 4 aromatic heterocycles. The van der Waals surface area contributed by atoms with Crippen molar-refractivity contribution in [2.75, 3.05) is 0 Å². The highest BCUT2D eigenvalue weighted by Crippen LogP contribution is 2.45. The molecule has 10 aromatic rings. The van der Waals surface area contributed by atoms with Crippen LogP contribution < -0.4 is 0 Å². The van der Waals surface area contributed by atoms with E-state index in [-0.39, 0.29) is 0 Å². The quantitative estimate of drug-likeness (QED) is 0.221. The molecule has 10 rings (SSSR count). The fourth-order valence-electron chi connectivity index (χ4n) is 7.30. The zero-order valence-corrected chi connectivity index (χ0v) is 20.4. The summed E-state index contributed by atoms with van der Waals surface area (Å²) in [5.74, 6) is 0. The Morgan fingerprint density at radius 2 is 0.842 bits per heavy atom. The van der Waals surface area contributed by atoms with Crippen LogP contribution in [0.3, 0.4) is 0 Å². The summed E-state index contributed by atoms with van der Waals surface area (Å²) in [5.41, 5.74) is 10.3. The summed E-state index contributed by atoms with van der Waals surface area (Å²) in [6.45, 7) is 0. The predicted molar refractivity (Wildman–Crippen MR) is 161 cm³/mol. The Kier molecular flexibility index (Phi) is 3.23. The molecule has 38 heavy (non-hydrogen) atoms. The third-order valence-corrected chi connectivity index (χ3v) is 8.79. The minimum absolute atomic E-state index is 1.26. The molecule has 0 fully saturated rings. The summed E-state index contributed by atoms with van der Waals surface area (Å²) in [6, 6.07) is 44.9. The molecule has 0 aliphatic rings. The van der Waals surface area contributed by atoms with Gasteiger partial charge in [-0.25, -0.2) is 0 Å². The van der Waals surface area contributed by atoms with Crippen molar-refractivity contribution in [2.45, 2.75) is 0 Å². The van der Waals surface area contributed by atoms with E-state index in [0.29, 0.717) is 0 Å². The molecule has 6 aromatic carbocycles. The Labute approximate surface area is 217 Å². The third kappa shape index (κ3) is 2.06. The highest BCUT2D eigenvalue weighted by Gasteiger charge is 2.21. The van der Waals surface area contributed by atoms with Crippen molar-refractivity contribution in [3.63, 3.8) is 0 Å². The summed E-state index contributed by atoms with van der Waals surface area (Å²) in [7, 11) is 0. The first kappa shape index (κ1) is 19.1. The van der Waals surface area contributed by atoms with Crippen LogP contribution in [0.5, 0.6) is 0 Å². The Balaban J connectivity index is 1.39. The Morgan fingerprint density at radius 1 is 0.342 bits per heavy atom. The van der Waals surface area contributed by atoms with Crippen molar-refractivity contribution in [3.8, 4) is 11.1 Å². The van der Waals surface area contributed by atoms with Crippen molar-refractivity contribution in [1.82, 2.24) is 8.80 Å². The maximum absolute atomic E-state index is 2.47. The molecular weight excluding hydrogens is 460 g/mol. The molecule has 0 unspecified atom stereocenters. The van der Waals surface area contributed by atoms with E-state index in [1.807, 2.05) is 0 Å². The number of fused-ring (bicyclic) bond motifs is 12. The number of hydrogen-bond acceptors (Lipinski definition) is 0. The van der Waals surface area contributed by atoms with Crippen LogP contribution in [0.4, 0.5) is 0 Å². The fraction of sp³-hybridized carbons (Fsp3) is 0. The van der Waals surface area contributed by atoms with Crippen LogP contribution >= 0.6 is 0 Å². The van der Waals surface area contributed by atoms with Gasteiger partial charge in [0.05, 0.1) is 33.1 Å². The average Bonchev–Trinajstić information content (AvgIpc) is 3.70. The van der Waals surface area contributed by atoms with Crippen LogP contribution in [0.15, 0.2) is 121 Å². The van der Waals surface area contributed by atoms with Gasteiger partial charge in [0.25, 0.3) is 0 Å². The van der Waals surface area contributed by atoms with Crippen molar-refractivity contribution >= 4 is 76.2 Å². The molecule has 0 atom stereocenters. The average molecular weight is 481 g/mol. The van der Waals surface area contributed by atoms with Crippen LogP contribution in [0.1, 0.15) is 0 Å². The lowest BCUT2D eigenvalue weighted by molar-refractivity contribution is 1.37. The number of hydrogen-bond donors (Lipinski definition) is 0. The molecule has 2 heteroatoms. The van der Waals surface area contributed by atoms with Gasteiger partial charge in [-0.2, -0.15) is 0 Å². The standard InChI is InChI=1S/C36H20N2/c1-5-14-31-23(8-1)26-11-7-12-27-25-17-16-21(20-33(25)38(31)35(26)27)22-18-19-28-24-9-2-4-13-30(24)37-32-15-6-3-10-29(32)34(22)36(28)37/h1-20H. The second-order valence-corrected chi connectivity index (χ2v) is 10.5. The summed E-state index contributed by atoms with van der Waals surface area (Å²) < 4.78 is 4.94. The highest BCUT2D eigenvalue weighted by molar-refractivity contribution is 6.28. The van der Waals surface area contributed by atoms with Gasteiger partial charge in [0.2, 0.25) is 0 Å². The van der Waals surface area contributed by atoms with Crippen molar-refractivity contribution in [1.29, 1.82) is 0 Å². The molecule has 0 radical (unpaired) electrons. The molecule has 0 saturated carbocycles. The van der Waals surface area contributed by atoms with Gasteiger partial charge in [-0.3, -0.25) is 0 Å². The van der Waals surface area contributed by atoms with Gasteiger partial charge in [0.1, 0.15) is 0 Å². The van der Waals surface area contributed by atoms with Crippen molar-refractivity contribution in [2.24, 2.45) is 0 Å². The SMILES string of the molecule is c1ccc2c(c1)c1cccc3c4ccc(-c5ccc6c7ccccc7n7c8ccccc8c5c67)cc4n2c13. The maximum Gasteiger partial charge on any atom is 0.0626 e. The number of para-hydroxylation sites is 4. The second kappa shape index (κ2) is 6.42. The Morgan fingerprint density at radius 3 is 1.55 bits per heavy atom. The molecule has 0 spiro atoms. The molecule has 2 nitrogen and oxygen atoms in total. The number of benzene rings is 6. The summed E-state index contributed by atoms with van der Waals surface area (Å²) in [6.07, 6.45) is 0. The first-order valence-electron chi connectivity index (χ1n) is 13.2. The van der Waals surface area contributed by atoms with E-state index in [9.17, 15) is 0 Å². The highest BCUT2D eigenvalue weighted by atomic mass is 14.9. The Hall–Kier alpha value is -5.08. The molecule has 0 aliphatic carbocycles. The van der Waals surface area contributed by atoms with Gasteiger partial charge in [0, 0.05) is 43.1 Å². The number of rotatable bonds is 1. The molecule has 0 bridgehead atoms. The van der Waals surface area contributed by atoms with Gasteiger partial charge >= 0.3 is 0 Å². The third-order valence-electron chi connectivity index (χ3n) is 8.79. The molecule has 0 aliphatic heterocycles. The lowest BCUT2D eigenvalue weighted by atomic mass is 9.96. The van der Waals surface area contributed by atoms with E-state index in [1.165, 1.54) is 87.3 Å². The van der Waals surface area contributed by atoms with Gasteiger partial charge in [-0.1, -0.05) is 97.1 Å². The maximum atomic E-state index is 2.47. The van der Waals surface area contributed by atoms with Gasteiger partial charge in [-0.15, -0.1) is 0 Å².